The maximum Gasteiger partial charge on any atom is 0.119 e. The van der Waals surface area contributed by atoms with Crippen LogP contribution in [0.4, 0.5) is 0 Å². The summed E-state index contributed by atoms with van der Waals surface area (Å²) >= 11 is 0. The number of nitriles is 1. The van der Waals surface area contributed by atoms with Gasteiger partial charge in [0.15, 0.2) is 0 Å². The minimum absolute atomic E-state index is 0.546. The predicted octanol–water partition coefficient (Wildman–Crippen LogP) is 5.93. The number of nitrogens with zero attached hydrogens (tertiary/aromatic N) is 1. The van der Waals surface area contributed by atoms with Crippen LogP contribution in [-0.2, 0) is 6.61 Å². The van der Waals surface area contributed by atoms with E-state index in [9.17, 15) is 0 Å². The second kappa shape index (κ2) is 7.68. The highest BCUT2D eigenvalue weighted by molar-refractivity contribution is 5.64. The van der Waals surface area contributed by atoms with Crippen LogP contribution in [0.2, 0.25) is 0 Å². The van der Waals surface area contributed by atoms with E-state index in [1.54, 1.807) is 0 Å². The van der Waals surface area contributed by atoms with Crippen molar-refractivity contribution in [3.63, 3.8) is 0 Å². The zero-order valence-electron chi connectivity index (χ0n) is 14.6. The van der Waals surface area contributed by atoms with Crippen LogP contribution in [-0.4, -0.2) is 0 Å². The summed E-state index contributed by atoms with van der Waals surface area (Å²) in [4.78, 5) is 0. The van der Waals surface area contributed by atoms with Gasteiger partial charge >= 0.3 is 0 Å². The van der Waals surface area contributed by atoms with E-state index in [0.29, 0.717) is 18.1 Å². The SMILES string of the molecule is CC(C)c1ccc(COc2ccc(-c3ccc(C#N)cc3)cc2)cc1. The molecule has 124 valence electrons. The highest BCUT2D eigenvalue weighted by atomic mass is 16.5. The zero-order valence-corrected chi connectivity index (χ0v) is 14.6. The van der Waals surface area contributed by atoms with E-state index in [1.807, 2.05) is 48.5 Å². The van der Waals surface area contributed by atoms with E-state index in [2.05, 4.69) is 44.2 Å². The summed E-state index contributed by atoms with van der Waals surface area (Å²) in [6.07, 6.45) is 0. The molecule has 0 fully saturated rings. The molecule has 0 saturated carbocycles. The van der Waals surface area contributed by atoms with Crippen molar-refractivity contribution >= 4 is 0 Å². The van der Waals surface area contributed by atoms with E-state index in [0.717, 1.165) is 16.9 Å². The van der Waals surface area contributed by atoms with Gasteiger partial charge in [-0.15, -0.1) is 0 Å². The average Bonchev–Trinajstić information content (AvgIpc) is 2.67. The fourth-order valence-electron chi connectivity index (χ4n) is 2.65. The third-order valence-corrected chi connectivity index (χ3v) is 4.25. The van der Waals surface area contributed by atoms with Crippen LogP contribution in [0.3, 0.4) is 0 Å². The van der Waals surface area contributed by atoms with Crippen molar-refractivity contribution in [2.24, 2.45) is 0 Å². The third kappa shape index (κ3) is 4.28. The molecular formula is C23H21NO. The zero-order chi connectivity index (χ0) is 17.6. The lowest BCUT2D eigenvalue weighted by molar-refractivity contribution is 0.306. The smallest absolute Gasteiger partial charge is 0.119 e. The monoisotopic (exact) mass is 327 g/mol. The van der Waals surface area contributed by atoms with E-state index >= 15 is 0 Å². The highest BCUT2D eigenvalue weighted by Crippen LogP contribution is 2.23. The average molecular weight is 327 g/mol. The lowest BCUT2D eigenvalue weighted by Gasteiger charge is -2.09. The van der Waals surface area contributed by atoms with Crippen LogP contribution in [0.5, 0.6) is 5.75 Å². The summed E-state index contributed by atoms with van der Waals surface area (Å²) in [6.45, 7) is 4.95. The van der Waals surface area contributed by atoms with Crippen LogP contribution in [0.25, 0.3) is 11.1 Å². The second-order valence-electron chi connectivity index (χ2n) is 6.40. The first kappa shape index (κ1) is 16.8. The van der Waals surface area contributed by atoms with Gasteiger partial charge in [-0.05, 0) is 52.4 Å². The largest absolute Gasteiger partial charge is 0.489 e. The standard InChI is InChI=1S/C23H21NO/c1-17(2)20-7-5-19(6-8-20)16-25-23-13-11-22(12-14-23)21-9-3-18(15-24)4-10-21/h3-14,17H,16H2,1-2H3. The molecular weight excluding hydrogens is 306 g/mol. The van der Waals surface area contributed by atoms with E-state index in [-0.39, 0.29) is 0 Å². The second-order valence-corrected chi connectivity index (χ2v) is 6.40. The summed E-state index contributed by atoms with van der Waals surface area (Å²) in [5, 5.41) is 8.86. The molecule has 0 saturated heterocycles. The first-order valence-corrected chi connectivity index (χ1v) is 8.48. The van der Waals surface area contributed by atoms with Gasteiger partial charge in [0.1, 0.15) is 12.4 Å². The van der Waals surface area contributed by atoms with Crippen molar-refractivity contribution in [2.45, 2.75) is 26.4 Å². The van der Waals surface area contributed by atoms with Crippen molar-refractivity contribution in [1.29, 1.82) is 5.26 Å². The number of rotatable bonds is 5. The van der Waals surface area contributed by atoms with Gasteiger partial charge in [-0.25, -0.2) is 0 Å². The molecule has 0 spiro atoms. The normalized spacial score (nSPS) is 10.5. The van der Waals surface area contributed by atoms with Crippen LogP contribution in [0, 0.1) is 11.3 Å². The molecule has 0 aromatic heterocycles. The topological polar surface area (TPSA) is 33.0 Å². The predicted molar refractivity (Wildman–Crippen MR) is 101 cm³/mol. The number of hydrogen-bond acceptors (Lipinski definition) is 2. The molecule has 3 aromatic rings. The lowest BCUT2D eigenvalue weighted by atomic mass is 10.0. The molecule has 0 aliphatic rings. The summed E-state index contributed by atoms with van der Waals surface area (Å²) in [7, 11) is 0. The lowest BCUT2D eigenvalue weighted by Crippen LogP contribution is -1.96. The Hall–Kier alpha value is -3.05. The molecule has 0 N–H and O–H groups in total. The summed E-state index contributed by atoms with van der Waals surface area (Å²) in [5.74, 6) is 1.40. The summed E-state index contributed by atoms with van der Waals surface area (Å²) < 4.78 is 5.88. The Morgan fingerprint density at radius 3 is 1.88 bits per heavy atom. The van der Waals surface area contributed by atoms with Crippen LogP contribution in [0.15, 0.2) is 72.8 Å². The van der Waals surface area contributed by atoms with Crippen LogP contribution >= 0.6 is 0 Å². The van der Waals surface area contributed by atoms with Crippen LogP contribution in [0.1, 0.15) is 36.5 Å². The van der Waals surface area contributed by atoms with Gasteiger partial charge in [0, 0.05) is 0 Å². The van der Waals surface area contributed by atoms with Gasteiger partial charge < -0.3 is 4.74 Å². The molecule has 0 heterocycles. The van der Waals surface area contributed by atoms with Crippen molar-refractivity contribution in [3.05, 3.63) is 89.5 Å². The molecule has 0 unspecified atom stereocenters. The quantitative estimate of drug-likeness (QED) is 0.582. The Kier molecular flexibility index (Phi) is 5.16. The minimum Gasteiger partial charge on any atom is -0.489 e. The Bertz CT molecular complexity index is 854. The fraction of sp³-hybridized carbons (Fsp3) is 0.174. The van der Waals surface area contributed by atoms with Gasteiger partial charge in [0.2, 0.25) is 0 Å². The molecule has 2 nitrogen and oxygen atoms in total. The Balaban J connectivity index is 1.63. The third-order valence-electron chi connectivity index (χ3n) is 4.25. The maximum atomic E-state index is 8.86. The number of hydrogen-bond donors (Lipinski definition) is 0. The van der Waals surface area contributed by atoms with E-state index < -0.39 is 0 Å². The molecule has 0 atom stereocenters. The van der Waals surface area contributed by atoms with E-state index in [1.165, 1.54) is 11.1 Å². The number of benzene rings is 3. The first-order valence-electron chi connectivity index (χ1n) is 8.48. The van der Waals surface area contributed by atoms with Crippen molar-refractivity contribution in [1.82, 2.24) is 0 Å². The maximum absolute atomic E-state index is 8.86. The number of ether oxygens (including phenoxy) is 1. The molecule has 0 aliphatic heterocycles. The first-order chi connectivity index (χ1) is 12.2. The molecule has 3 rings (SSSR count). The fourth-order valence-corrected chi connectivity index (χ4v) is 2.65. The molecule has 25 heavy (non-hydrogen) atoms. The minimum atomic E-state index is 0.546. The van der Waals surface area contributed by atoms with Gasteiger partial charge in [0.25, 0.3) is 0 Å². The van der Waals surface area contributed by atoms with Crippen molar-refractivity contribution in [3.8, 4) is 22.9 Å². The summed E-state index contributed by atoms with van der Waals surface area (Å²) in [5.41, 5.74) is 5.39. The van der Waals surface area contributed by atoms with Crippen molar-refractivity contribution in [2.75, 3.05) is 0 Å². The highest BCUT2D eigenvalue weighted by Gasteiger charge is 2.02. The van der Waals surface area contributed by atoms with E-state index in [4.69, 9.17) is 10.00 Å². The molecule has 0 amide bonds. The Morgan fingerprint density at radius 2 is 1.36 bits per heavy atom. The van der Waals surface area contributed by atoms with Gasteiger partial charge in [0.05, 0.1) is 11.6 Å². The Morgan fingerprint density at radius 1 is 0.800 bits per heavy atom. The Labute approximate surface area is 149 Å². The molecule has 0 bridgehead atoms. The molecule has 2 heteroatoms. The molecule has 3 aromatic carbocycles. The molecule has 0 radical (unpaired) electrons. The van der Waals surface area contributed by atoms with Gasteiger partial charge in [-0.1, -0.05) is 62.4 Å². The molecule has 0 aliphatic carbocycles. The van der Waals surface area contributed by atoms with Crippen LogP contribution < -0.4 is 4.74 Å². The summed E-state index contributed by atoms with van der Waals surface area (Å²) in [6, 6.07) is 26.4. The van der Waals surface area contributed by atoms with Gasteiger partial charge in [-0.2, -0.15) is 5.26 Å². The van der Waals surface area contributed by atoms with Gasteiger partial charge in [-0.3, -0.25) is 0 Å². The van der Waals surface area contributed by atoms with Crippen molar-refractivity contribution < 1.29 is 4.74 Å².